The molecule has 0 spiro atoms. The van der Waals surface area contributed by atoms with Gasteiger partial charge in [-0.1, -0.05) is 0 Å². The number of carboxylic acid groups (broad SMARTS) is 1. The lowest BCUT2D eigenvalue weighted by molar-refractivity contribution is -0.140. The van der Waals surface area contributed by atoms with Crippen LogP contribution in [0.4, 0.5) is 18.0 Å². The van der Waals surface area contributed by atoms with Crippen molar-refractivity contribution in [2.24, 2.45) is 5.73 Å². The van der Waals surface area contributed by atoms with Crippen LogP contribution in [0.5, 0.6) is 0 Å². The quantitative estimate of drug-likeness (QED) is 0.513. The van der Waals surface area contributed by atoms with Crippen LogP contribution in [0.3, 0.4) is 0 Å². The maximum absolute atomic E-state index is 11.7. The molecule has 0 rings (SSSR count). The number of urea groups is 1. The lowest BCUT2D eigenvalue weighted by Crippen LogP contribution is -2.49. The van der Waals surface area contributed by atoms with E-state index in [1.807, 2.05) is 0 Å². The largest absolute Gasteiger partial charge is 0.480 e. The summed E-state index contributed by atoms with van der Waals surface area (Å²) in [6, 6.07) is -3.02. The van der Waals surface area contributed by atoms with Crippen molar-refractivity contribution in [3.05, 3.63) is 0 Å². The molecule has 0 heterocycles. The molecule has 0 aliphatic carbocycles. The van der Waals surface area contributed by atoms with Crippen LogP contribution in [0, 0.1) is 0 Å². The van der Waals surface area contributed by atoms with Crippen LogP contribution in [-0.2, 0) is 9.59 Å². The second-order valence-electron chi connectivity index (χ2n) is 3.00. The maximum atomic E-state index is 11.7. The Morgan fingerprint density at radius 2 is 1.82 bits per heavy atom. The molecule has 7 nitrogen and oxygen atoms in total. The molecular weight excluding hydrogens is 247 g/mol. The lowest BCUT2D eigenvalue weighted by atomic mass is 10.2. The molecule has 0 radical (unpaired) electrons. The fourth-order valence-corrected chi connectivity index (χ4v) is 0.791. The summed E-state index contributed by atoms with van der Waals surface area (Å²) < 4.78 is 35.1. The van der Waals surface area contributed by atoms with E-state index in [0.717, 1.165) is 0 Å². The summed E-state index contributed by atoms with van der Waals surface area (Å²) in [6.45, 7) is -1.61. The van der Waals surface area contributed by atoms with E-state index in [9.17, 15) is 27.6 Å². The molecule has 0 aromatic rings. The van der Waals surface area contributed by atoms with Gasteiger partial charge in [0.15, 0.2) is 0 Å². The molecule has 98 valence electrons. The third-order valence-corrected chi connectivity index (χ3v) is 1.46. The third-order valence-electron chi connectivity index (χ3n) is 1.46. The second kappa shape index (κ2) is 5.92. The first-order valence-corrected chi connectivity index (χ1v) is 4.24. The van der Waals surface area contributed by atoms with Crippen LogP contribution < -0.4 is 16.4 Å². The number of nitrogens with two attached hydrogens (primary N) is 1. The molecule has 0 aliphatic rings. The fourth-order valence-electron chi connectivity index (χ4n) is 0.791. The number of hydrogen-bond donors (Lipinski definition) is 4. The molecule has 17 heavy (non-hydrogen) atoms. The first-order chi connectivity index (χ1) is 7.61. The minimum Gasteiger partial charge on any atom is -0.480 e. The van der Waals surface area contributed by atoms with Gasteiger partial charge >= 0.3 is 18.2 Å². The number of hydrogen-bond acceptors (Lipinski definition) is 3. The normalized spacial score (nSPS) is 12.6. The van der Waals surface area contributed by atoms with Crippen molar-refractivity contribution >= 4 is 17.9 Å². The van der Waals surface area contributed by atoms with Gasteiger partial charge in [-0.15, -0.1) is 0 Å². The molecule has 1 unspecified atom stereocenters. The number of alkyl halides is 3. The van der Waals surface area contributed by atoms with Crippen LogP contribution in [0.15, 0.2) is 0 Å². The predicted octanol–water partition coefficient (Wildman–Crippen LogP) is -0.824. The molecule has 0 saturated heterocycles. The molecule has 3 amide bonds. The number of rotatable bonds is 5. The molecule has 5 N–H and O–H groups in total. The Morgan fingerprint density at radius 3 is 2.18 bits per heavy atom. The molecule has 0 aliphatic heterocycles. The van der Waals surface area contributed by atoms with Gasteiger partial charge in [0.25, 0.3) is 0 Å². The lowest BCUT2D eigenvalue weighted by Gasteiger charge is -2.14. The summed E-state index contributed by atoms with van der Waals surface area (Å²) >= 11 is 0. The highest BCUT2D eigenvalue weighted by Gasteiger charge is 2.29. The maximum Gasteiger partial charge on any atom is 0.405 e. The topological polar surface area (TPSA) is 122 Å². The molecule has 0 aromatic carbocycles. The molecule has 0 saturated carbocycles. The number of primary amides is 1. The summed E-state index contributed by atoms with van der Waals surface area (Å²) in [6.07, 6.45) is -5.32. The van der Waals surface area contributed by atoms with Crippen LogP contribution >= 0.6 is 0 Å². The number of carbonyl (C=O) groups is 3. The summed E-state index contributed by atoms with van der Waals surface area (Å²) in [4.78, 5) is 31.8. The van der Waals surface area contributed by atoms with Gasteiger partial charge in [-0.25, -0.2) is 9.59 Å². The number of amides is 3. The Morgan fingerprint density at radius 1 is 1.29 bits per heavy atom. The van der Waals surface area contributed by atoms with Crippen LogP contribution in [0.1, 0.15) is 6.42 Å². The van der Waals surface area contributed by atoms with Crippen molar-refractivity contribution < 1.29 is 32.7 Å². The third kappa shape index (κ3) is 7.88. The van der Waals surface area contributed by atoms with Crippen LogP contribution in [0.25, 0.3) is 0 Å². The Labute approximate surface area is 93.1 Å². The van der Waals surface area contributed by atoms with E-state index in [0.29, 0.717) is 0 Å². The van der Waals surface area contributed by atoms with E-state index >= 15 is 0 Å². The van der Waals surface area contributed by atoms with Gasteiger partial charge in [-0.05, 0) is 0 Å². The van der Waals surface area contributed by atoms with Crippen molar-refractivity contribution in [3.8, 4) is 0 Å². The summed E-state index contributed by atoms with van der Waals surface area (Å²) in [5.41, 5.74) is 4.70. The molecule has 0 fully saturated rings. The number of carboxylic acids is 1. The summed E-state index contributed by atoms with van der Waals surface area (Å²) in [5.74, 6) is -2.58. The van der Waals surface area contributed by atoms with E-state index < -0.39 is 43.1 Å². The number of aliphatic carboxylic acids is 1. The van der Waals surface area contributed by atoms with Crippen molar-refractivity contribution in [2.45, 2.75) is 18.6 Å². The van der Waals surface area contributed by atoms with E-state index in [1.165, 1.54) is 5.32 Å². The van der Waals surface area contributed by atoms with E-state index in [4.69, 9.17) is 10.8 Å². The van der Waals surface area contributed by atoms with Gasteiger partial charge in [0.1, 0.15) is 12.6 Å². The highest BCUT2D eigenvalue weighted by atomic mass is 19.4. The van der Waals surface area contributed by atoms with Gasteiger partial charge in [0, 0.05) is 0 Å². The smallest absolute Gasteiger partial charge is 0.405 e. The molecule has 1 atom stereocenters. The zero-order chi connectivity index (χ0) is 13.6. The minimum absolute atomic E-state index is 0.714. The Bertz CT molecular complexity index is 318. The Kier molecular flexibility index (Phi) is 5.22. The highest BCUT2D eigenvalue weighted by Crippen LogP contribution is 2.11. The average Bonchev–Trinajstić information content (AvgIpc) is 2.11. The van der Waals surface area contributed by atoms with Gasteiger partial charge in [0.2, 0.25) is 5.91 Å². The van der Waals surface area contributed by atoms with Crippen molar-refractivity contribution in [3.63, 3.8) is 0 Å². The zero-order valence-electron chi connectivity index (χ0n) is 8.37. The van der Waals surface area contributed by atoms with Crippen LogP contribution in [-0.4, -0.2) is 41.8 Å². The number of halogens is 3. The van der Waals surface area contributed by atoms with Gasteiger partial charge in [-0.2, -0.15) is 13.2 Å². The predicted molar refractivity (Wildman–Crippen MR) is 47.8 cm³/mol. The summed E-state index contributed by atoms with van der Waals surface area (Å²) in [5, 5.41) is 11.6. The van der Waals surface area contributed by atoms with Crippen LogP contribution in [0.2, 0.25) is 0 Å². The highest BCUT2D eigenvalue weighted by molar-refractivity contribution is 5.87. The number of carbonyl (C=O) groups excluding carboxylic acids is 2. The first-order valence-electron chi connectivity index (χ1n) is 4.24. The molecular formula is C7H10F3N3O4. The minimum atomic E-state index is -4.61. The van der Waals surface area contributed by atoms with Crippen molar-refractivity contribution in [2.75, 3.05) is 6.54 Å². The zero-order valence-corrected chi connectivity index (χ0v) is 8.37. The van der Waals surface area contributed by atoms with Gasteiger partial charge < -0.3 is 21.5 Å². The molecule has 10 heteroatoms. The van der Waals surface area contributed by atoms with Gasteiger partial charge in [0.05, 0.1) is 6.42 Å². The molecule has 0 aromatic heterocycles. The monoisotopic (exact) mass is 257 g/mol. The van der Waals surface area contributed by atoms with E-state index in [1.54, 1.807) is 5.32 Å². The SMILES string of the molecule is NC(=O)CC(NC(=O)NCC(F)(F)F)C(=O)O. The Hall–Kier alpha value is -2.00. The standard InChI is InChI=1S/C7H10F3N3O4/c8-7(9,10)2-12-6(17)13-3(5(15)16)1-4(11)14/h3H,1-2H2,(H2,11,14)(H,15,16)(H2,12,13,17). The van der Waals surface area contributed by atoms with E-state index in [2.05, 4.69) is 0 Å². The van der Waals surface area contributed by atoms with E-state index in [-0.39, 0.29) is 0 Å². The summed E-state index contributed by atoms with van der Waals surface area (Å²) in [7, 11) is 0. The Balaban J connectivity index is 4.22. The van der Waals surface area contributed by atoms with Crippen molar-refractivity contribution in [1.82, 2.24) is 10.6 Å². The molecule has 0 bridgehead atoms. The average molecular weight is 257 g/mol. The number of nitrogens with one attached hydrogen (secondary N) is 2. The fraction of sp³-hybridized carbons (Fsp3) is 0.571. The first kappa shape index (κ1) is 15.0. The van der Waals surface area contributed by atoms with Crippen molar-refractivity contribution in [1.29, 1.82) is 0 Å². The second-order valence-corrected chi connectivity index (χ2v) is 3.00. The van der Waals surface area contributed by atoms with Gasteiger partial charge in [-0.3, -0.25) is 4.79 Å².